The van der Waals surface area contributed by atoms with Crippen LogP contribution >= 0.6 is 39.1 Å². The van der Waals surface area contributed by atoms with Gasteiger partial charge in [0.2, 0.25) is 0 Å². The maximum Gasteiger partial charge on any atom is 0.277 e. The molecule has 0 unspecified atom stereocenters. The summed E-state index contributed by atoms with van der Waals surface area (Å²) in [6.07, 6.45) is 1.30. The average molecular weight is 462 g/mol. The predicted molar refractivity (Wildman–Crippen MR) is 105 cm³/mol. The first-order chi connectivity index (χ1) is 12.4. The number of nitrogens with one attached hydrogen (secondary N) is 1. The molecule has 6 nitrogen and oxygen atoms in total. The van der Waals surface area contributed by atoms with Crippen molar-refractivity contribution in [2.24, 2.45) is 5.10 Å². The van der Waals surface area contributed by atoms with E-state index in [1.165, 1.54) is 12.3 Å². The van der Waals surface area contributed by atoms with Crippen LogP contribution in [0.25, 0.3) is 0 Å². The van der Waals surface area contributed by atoms with Gasteiger partial charge in [0.15, 0.2) is 18.1 Å². The summed E-state index contributed by atoms with van der Waals surface area (Å²) in [6.45, 7) is 1.91. The first-order valence-corrected chi connectivity index (χ1v) is 9.00. The summed E-state index contributed by atoms with van der Waals surface area (Å²) in [6, 6.07) is 7.96. The Hall–Kier alpha value is -1.96. The van der Waals surface area contributed by atoms with Gasteiger partial charge in [-0.25, -0.2) is 5.43 Å². The van der Waals surface area contributed by atoms with Gasteiger partial charge in [0.05, 0.1) is 17.8 Å². The zero-order valence-corrected chi connectivity index (χ0v) is 16.7. The van der Waals surface area contributed by atoms with Crippen molar-refractivity contribution in [3.05, 3.63) is 50.4 Å². The number of nitrogens with zero attached hydrogens (tertiary/aromatic N) is 1. The van der Waals surface area contributed by atoms with Crippen LogP contribution in [0, 0.1) is 0 Å². The fourth-order valence-electron chi connectivity index (χ4n) is 1.90. The number of amides is 1. The van der Waals surface area contributed by atoms with Gasteiger partial charge in [-0.2, -0.15) is 5.10 Å². The molecule has 1 amide bonds. The third-order valence-corrected chi connectivity index (χ3v) is 4.02. The highest BCUT2D eigenvalue weighted by Gasteiger charge is 2.09. The molecule has 0 aliphatic carbocycles. The van der Waals surface area contributed by atoms with E-state index in [9.17, 15) is 9.90 Å². The minimum absolute atomic E-state index is 0.0741. The number of benzene rings is 2. The zero-order valence-electron chi connectivity index (χ0n) is 13.6. The van der Waals surface area contributed by atoms with E-state index in [2.05, 4.69) is 26.5 Å². The lowest BCUT2D eigenvalue weighted by atomic mass is 10.2. The van der Waals surface area contributed by atoms with Crippen molar-refractivity contribution in [2.45, 2.75) is 6.92 Å². The van der Waals surface area contributed by atoms with Crippen molar-refractivity contribution in [1.29, 1.82) is 0 Å². The van der Waals surface area contributed by atoms with Gasteiger partial charge in [0.1, 0.15) is 5.75 Å². The van der Waals surface area contributed by atoms with Gasteiger partial charge in [-0.1, -0.05) is 39.1 Å². The number of hydrogen-bond acceptors (Lipinski definition) is 5. The van der Waals surface area contributed by atoms with Gasteiger partial charge >= 0.3 is 0 Å². The second-order valence-electron chi connectivity index (χ2n) is 4.93. The summed E-state index contributed by atoms with van der Waals surface area (Å²) in [5.41, 5.74) is 2.67. The normalized spacial score (nSPS) is 10.8. The number of hydrazone groups is 1. The highest BCUT2D eigenvalue weighted by atomic mass is 79.9. The van der Waals surface area contributed by atoms with Crippen LogP contribution in [0.1, 0.15) is 12.5 Å². The smallest absolute Gasteiger partial charge is 0.277 e. The Morgan fingerprint density at radius 2 is 2.04 bits per heavy atom. The number of phenolic OH excluding ortho intramolecular Hbond substituents is 1. The molecule has 0 atom stereocenters. The summed E-state index contributed by atoms with van der Waals surface area (Å²) in [5, 5.41) is 14.7. The summed E-state index contributed by atoms with van der Waals surface area (Å²) in [7, 11) is 0. The molecule has 0 aromatic heterocycles. The van der Waals surface area contributed by atoms with Crippen LogP contribution in [0.3, 0.4) is 0 Å². The minimum atomic E-state index is -0.503. The molecule has 0 saturated heterocycles. The predicted octanol–water partition coefficient (Wildman–Crippen LogP) is 4.39. The number of carbonyl (C=O) groups excluding carboxylic acids is 1. The number of rotatable bonds is 7. The maximum atomic E-state index is 11.8. The Balaban J connectivity index is 1.96. The maximum absolute atomic E-state index is 11.8. The monoisotopic (exact) mass is 460 g/mol. The molecule has 0 saturated carbocycles. The van der Waals surface area contributed by atoms with Crippen LogP contribution in [0.15, 0.2) is 39.9 Å². The fraction of sp³-hybridized carbons (Fsp3) is 0.176. The molecular weight excluding hydrogens is 447 g/mol. The van der Waals surface area contributed by atoms with E-state index in [4.69, 9.17) is 32.7 Å². The quantitative estimate of drug-likeness (QED) is 0.473. The molecule has 0 heterocycles. The van der Waals surface area contributed by atoms with E-state index in [0.717, 1.165) is 0 Å². The molecule has 9 heteroatoms. The molecule has 0 aliphatic heterocycles. The second kappa shape index (κ2) is 9.66. The summed E-state index contributed by atoms with van der Waals surface area (Å²) in [5.74, 6) is 0.0321. The Morgan fingerprint density at radius 3 is 2.77 bits per heavy atom. The number of phenols is 1. The average Bonchev–Trinajstić information content (AvgIpc) is 2.59. The van der Waals surface area contributed by atoms with Crippen LogP contribution in [0.2, 0.25) is 10.0 Å². The molecule has 2 rings (SSSR count). The van der Waals surface area contributed by atoms with E-state index in [-0.39, 0.29) is 12.4 Å². The Labute approximate surface area is 168 Å². The number of carbonyl (C=O) groups is 1. The molecule has 138 valence electrons. The highest BCUT2D eigenvalue weighted by Crippen LogP contribution is 2.33. The number of hydrogen-bond donors (Lipinski definition) is 2. The van der Waals surface area contributed by atoms with Gasteiger partial charge in [0, 0.05) is 21.1 Å². The van der Waals surface area contributed by atoms with Crippen molar-refractivity contribution in [3.8, 4) is 17.2 Å². The largest absolute Gasteiger partial charge is 0.504 e. The fourth-order valence-corrected chi connectivity index (χ4v) is 2.68. The SMILES string of the molecule is CCOc1cc(Br)cc(C=NNC(=O)COc2cc(Cl)ccc2Cl)c1O. The van der Waals surface area contributed by atoms with Crippen molar-refractivity contribution in [3.63, 3.8) is 0 Å². The molecular formula is C17H15BrCl2N2O4. The van der Waals surface area contributed by atoms with E-state index in [1.807, 2.05) is 0 Å². The topological polar surface area (TPSA) is 80.2 Å². The molecule has 0 radical (unpaired) electrons. The number of ether oxygens (including phenoxy) is 2. The Bertz CT molecular complexity index is 831. The van der Waals surface area contributed by atoms with Crippen LogP contribution < -0.4 is 14.9 Å². The molecule has 0 spiro atoms. The minimum Gasteiger partial charge on any atom is -0.504 e. The first kappa shape index (κ1) is 20.4. The standard InChI is InChI=1S/C17H15BrCl2N2O4/c1-2-25-15-6-11(18)5-10(17(15)24)8-21-22-16(23)9-26-14-7-12(19)3-4-13(14)20/h3-8,24H,2,9H2,1H3,(H,22,23). The van der Waals surface area contributed by atoms with E-state index < -0.39 is 5.91 Å². The summed E-state index contributed by atoms with van der Waals surface area (Å²) < 4.78 is 11.3. The van der Waals surface area contributed by atoms with Gasteiger partial charge < -0.3 is 14.6 Å². The Morgan fingerprint density at radius 1 is 1.27 bits per heavy atom. The molecule has 2 aromatic carbocycles. The van der Waals surface area contributed by atoms with E-state index in [1.54, 1.807) is 31.2 Å². The molecule has 2 aromatic rings. The van der Waals surface area contributed by atoms with Crippen molar-refractivity contribution < 1.29 is 19.4 Å². The summed E-state index contributed by atoms with van der Waals surface area (Å²) in [4.78, 5) is 11.8. The lowest BCUT2D eigenvalue weighted by Gasteiger charge is -2.09. The molecule has 2 N–H and O–H groups in total. The van der Waals surface area contributed by atoms with Crippen LogP contribution in [0.4, 0.5) is 0 Å². The lowest BCUT2D eigenvalue weighted by molar-refractivity contribution is -0.123. The van der Waals surface area contributed by atoms with Crippen molar-refractivity contribution in [2.75, 3.05) is 13.2 Å². The van der Waals surface area contributed by atoms with Gasteiger partial charge in [-0.05, 0) is 31.2 Å². The van der Waals surface area contributed by atoms with Gasteiger partial charge in [0.25, 0.3) is 5.91 Å². The number of aromatic hydroxyl groups is 1. The summed E-state index contributed by atoms with van der Waals surface area (Å²) >= 11 is 15.1. The van der Waals surface area contributed by atoms with Gasteiger partial charge in [-0.15, -0.1) is 0 Å². The van der Waals surface area contributed by atoms with Crippen LogP contribution in [-0.4, -0.2) is 30.4 Å². The molecule has 0 fully saturated rings. The third kappa shape index (κ3) is 5.79. The molecule has 0 bridgehead atoms. The van der Waals surface area contributed by atoms with Crippen molar-refractivity contribution >= 4 is 51.3 Å². The number of halogens is 3. The van der Waals surface area contributed by atoms with E-state index >= 15 is 0 Å². The first-order valence-electron chi connectivity index (χ1n) is 7.45. The Kier molecular flexibility index (Phi) is 7.56. The van der Waals surface area contributed by atoms with Gasteiger partial charge in [-0.3, -0.25) is 4.79 Å². The molecule has 0 aliphatic rings. The van der Waals surface area contributed by atoms with E-state index in [0.29, 0.717) is 38.2 Å². The van der Waals surface area contributed by atoms with Crippen LogP contribution in [-0.2, 0) is 4.79 Å². The zero-order chi connectivity index (χ0) is 19.1. The molecule has 26 heavy (non-hydrogen) atoms. The second-order valence-corrected chi connectivity index (χ2v) is 6.69. The van der Waals surface area contributed by atoms with Crippen LogP contribution in [0.5, 0.6) is 17.2 Å². The third-order valence-electron chi connectivity index (χ3n) is 3.01. The van der Waals surface area contributed by atoms with Crippen molar-refractivity contribution in [1.82, 2.24) is 5.43 Å². The highest BCUT2D eigenvalue weighted by molar-refractivity contribution is 9.10. The lowest BCUT2D eigenvalue weighted by Crippen LogP contribution is -2.24.